The molecule has 1 N–H and O–H groups in total. The monoisotopic (exact) mass is 447 g/mol. The van der Waals surface area contributed by atoms with Crippen LogP contribution in [-0.4, -0.2) is 54.0 Å². The molecule has 3 aliphatic rings. The van der Waals surface area contributed by atoms with E-state index >= 15 is 0 Å². The lowest BCUT2D eigenvalue weighted by molar-refractivity contribution is -0.133. The minimum atomic E-state index is -1.01. The molecule has 5 rings (SSSR count). The van der Waals surface area contributed by atoms with Gasteiger partial charge in [0.05, 0.1) is 6.10 Å². The van der Waals surface area contributed by atoms with Crippen LogP contribution >= 0.6 is 0 Å². The van der Waals surface area contributed by atoms with E-state index in [1.165, 1.54) is 10.5 Å². The predicted molar refractivity (Wildman–Crippen MR) is 127 cm³/mol. The summed E-state index contributed by atoms with van der Waals surface area (Å²) in [7, 11) is 0. The van der Waals surface area contributed by atoms with E-state index in [0.29, 0.717) is 24.6 Å². The first-order chi connectivity index (χ1) is 16.0. The second-order valence-electron chi connectivity index (χ2n) is 9.80. The van der Waals surface area contributed by atoms with Crippen LogP contribution in [0, 0.1) is 6.92 Å². The molecule has 0 aliphatic carbocycles. The Labute approximate surface area is 195 Å². The third-order valence-corrected chi connectivity index (χ3v) is 7.41. The highest BCUT2D eigenvalue weighted by atomic mass is 16.5. The molecular formula is C27H33N3O3. The number of hydrogen-bond donors (Lipinski definition) is 1. The highest BCUT2D eigenvalue weighted by Gasteiger charge is 2.56. The average molecular weight is 448 g/mol. The zero-order valence-electron chi connectivity index (χ0n) is 19.5. The van der Waals surface area contributed by atoms with Gasteiger partial charge in [0.1, 0.15) is 5.75 Å². The van der Waals surface area contributed by atoms with Crippen molar-refractivity contribution in [3.8, 4) is 5.75 Å². The van der Waals surface area contributed by atoms with Crippen molar-refractivity contribution in [2.75, 3.05) is 26.2 Å². The minimum Gasteiger partial charge on any atom is -0.490 e. The van der Waals surface area contributed by atoms with Gasteiger partial charge in [-0.2, -0.15) is 0 Å². The van der Waals surface area contributed by atoms with Crippen molar-refractivity contribution in [2.45, 2.75) is 57.1 Å². The lowest BCUT2D eigenvalue weighted by atomic mass is 9.81. The Morgan fingerprint density at radius 2 is 1.82 bits per heavy atom. The molecule has 0 bridgehead atoms. The van der Waals surface area contributed by atoms with Crippen LogP contribution in [0.1, 0.15) is 55.2 Å². The molecule has 6 nitrogen and oxygen atoms in total. The molecule has 2 aromatic carbocycles. The maximum absolute atomic E-state index is 13.6. The average Bonchev–Trinajstić information content (AvgIpc) is 3.05. The van der Waals surface area contributed by atoms with E-state index in [2.05, 4.69) is 40.5 Å². The molecule has 2 atom stereocenters. The molecule has 2 saturated heterocycles. The molecular weight excluding hydrogens is 414 g/mol. The van der Waals surface area contributed by atoms with Gasteiger partial charge in [-0.25, -0.2) is 4.79 Å². The molecule has 3 heterocycles. The third-order valence-electron chi connectivity index (χ3n) is 7.41. The molecule has 174 valence electrons. The Morgan fingerprint density at radius 3 is 2.58 bits per heavy atom. The second-order valence-corrected chi connectivity index (χ2v) is 9.80. The lowest BCUT2D eigenvalue weighted by Gasteiger charge is -2.37. The Morgan fingerprint density at radius 1 is 1.06 bits per heavy atom. The van der Waals surface area contributed by atoms with Gasteiger partial charge in [-0.1, -0.05) is 42.0 Å². The van der Waals surface area contributed by atoms with E-state index in [4.69, 9.17) is 4.74 Å². The smallest absolute Gasteiger partial charge is 0.325 e. The number of amides is 3. The SMILES string of the molecule is Cc1ccc2c(c1)C1(CC(C)O2)NC(=O)N(CCCN2CCC(c3ccccc3)CC2)C1=O. The maximum Gasteiger partial charge on any atom is 0.325 e. The van der Waals surface area contributed by atoms with Crippen molar-refractivity contribution in [1.82, 2.24) is 15.1 Å². The first-order valence-corrected chi connectivity index (χ1v) is 12.2. The number of likely N-dealkylation sites (tertiary alicyclic amines) is 1. The molecule has 1 spiro atoms. The number of fused-ring (bicyclic) bond motifs is 2. The summed E-state index contributed by atoms with van der Waals surface area (Å²) in [5.74, 6) is 1.18. The molecule has 33 heavy (non-hydrogen) atoms. The topological polar surface area (TPSA) is 61.9 Å². The van der Waals surface area contributed by atoms with Gasteiger partial charge in [-0.3, -0.25) is 9.69 Å². The third kappa shape index (κ3) is 4.12. The normalized spacial score (nSPS) is 25.8. The molecule has 2 unspecified atom stereocenters. The van der Waals surface area contributed by atoms with E-state index in [1.54, 1.807) is 0 Å². The summed E-state index contributed by atoms with van der Waals surface area (Å²) in [5, 5.41) is 3.04. The first kappa shape index (κ1) is 22.0. The van der Waals surface area contributed by atoms with Crippen LogP contribution in [0.2, 0.25) is 0 Å². The molecule has 2 fully saturated rings. The number of hydrogen-bond acceptors (Lipinski definition) is 4. The highest BCUT2D eigenvalue weighted by molar-refractivity contribution is 6.08. The number of rotatable bonds is 5. The van der Waals surface area contributed by atoms with Crippen LogP contribution in [-0.2, 0) is 10.3 Å². The van der Waals surface area contributed by atoms with Gasteiger partial charge in [0.15, 0.2) is 5.54 Å². The van der Waals surface area contributed by atoms with Crippen molar-refractivity contribution in [3.63, 3.8) is 0 Å². The van der Waals surface area contributed by atoms with Crippen LogP contribution in [0.15, 0.2) is 48.5 Å². The fourth-order valence-corrected chi connectivity index (χ4v) is 5.70. The molecule has 2 aromatic rings. The van der Waals surface area contributed by atoms with Gasteiger partial charge >= 0.3 is 6.03 Å². The Balaban J connectivity index is 1.20. The van der Waals surface area contributed by atoms with Crippen LogP contribution < -0.4 is 10.1 Å². The van der Waals surface area contributed by atoms with Crippen molar-refractivity contribution in [3.05, 3.63) is 65.2 Å². The summed E-state index contributed by atoms with van der Waals surface area (Å²) in [6.45, 7) is 7.41. The van der Waals surface area contributed by atoms with E-state index in [9.17, 15) is 9.59 Å². The summed E-state index contributed by atoms with van der Waals surface area (Å²) in [6, 6.07) is 16.3. The van der Waals surface area contributed by atoms with E-state index in [1.807, 2.05) is 32.0 Å². The van der Waals surface area contributed by atoms with Crippen LogP contribution in [0.3, 0.4) is 0 Å². The number of urea groups is 1. The molecule has 6 heteroatoms. The molecule has 0 saturated carbocycles. The van der Waals surface area contributed by atoms with Crippen molar-refractivity contribution in [1.29, 1.82) is 0 Å². The summed E-state index contributed by atoms with van der Waals surface area (Å²) in [4.78, 5) is 30.3. The number of nitrogens with one attached hydrogen (secondary N) is 1. The number of carbonyl (C=O) groups is 2. The Kier molecular flexibility index (Phi) is 5.87. The van der Waals surface area contributed by atoms with Crippen molar-refractivity contribution < 1.29 is 14.3 Å². The number of aryl methyl sites for hydroxylation is 1. The fourth-order valence-electron chi connectivity index (χ4n) is 5.70. The van der Waals surface area contributed by atoms with Gasteiger partial charge in [0, 0.05) is 18.5 Å². The van der Waals surface area contributed by atoms with E-state index in [-0.39, 0.29) is 18.0 Å². The second kappa shape index (κ2) is 8.82. The van der Waals surface area contributed by atoms with Gasteiger partial charge in [-0.15, -0.1) is 0 Å². The number of benzene rings is 2. The summed E-state index contributed by atoms with van der Waals surface area (Å²) in [6.07, 6.45) is 3.42. The summed E-state index contributed by atoms with van der Waals surface area (Å²) < 4.78 is 5.96. The zero-order valence-corrected chi connectivity index (χ0v) is 19.5. The fraction of sp³-hybridized carbons (Fsp3) is 0.481. The van der Waals surface area contributed by atoms with Crippen molar-refractivity contribution in [2.24, 2.45) is 0 Å². The van der Waals surface area contributed by atoms with Gasteiger partial charge in [-0.05, 0) is 76.4 Å². The van der Waals surface area contributed by atoms with E-state index in [0.717, 1.165) is 50.0 Å². The molecule has 0 aromatic heterocycles. The Bertz CT molecular complexity index is 1030. The van der Waals surface area contributed by atoms with Gasteiger partial charge < -0.3 is 15.0 Å². The standard InChI is InChI=1S/C27H33N3O3/c1-19-9-10-24-23(17-19)27(18-20(2)33-24)25(31)30(26(32)28-27)14-6-13-29-15-11-22(12-16-29)21-7-4-3-5-8-21/h3-5,7-10,17,20,22H,6,11-16,18H2,1-2H3,(H,28,32). The summed E-state index contributed by atoms with van der Waals surface area (Å²) >= 11 is 0. The molecule has 0 radical (unpaired) electrons. The van der Waals surface area contributed by atoms with Crippen LogP contribution in [0.5, 0.6) is 5.75 Å². The van der Waals surface area contributed by atoms with Crippen LogP contribution in [0.25, 0.3) is 0 Å². The van der Waals surface area contributed by atoms with Crippen molar-refractivity contribution >= 4 is 11.9 Å². The van der Waals surface area contributed by atoms with E-state index < -0.39 is 5.54 Å². The summed E-state index contributed by atoms with van der Waals surface area (Å²) in [5.41, 5.74) is 2.25. The lowest BCUT2D eigenvalue weighted by Crippen LogP contribution is -2.50. The largest absolute Gasteiger partial charge is 0.490 e. The molecule has 3 aliphatic heterocycles. The number of nitrogens with zero attached hydrogens (tertiary/aromatic N) is 2. The number of piperidine rings is 1. The molecule has 3 amide bonds. The van der Waals surface area contributed by atoms with Crippen LogP contribution in [0.4, 0.5) is 4.79 Å². The highest BCUT2D eigenvalue weighted by Crippen LogP contribution is 2.43. The quantitative estimate of drug-likeness (QED) is 0.699. The number of carbonyl (C=O) groups excluding carboxylic acids is 2. The number of imide groups is 1. The first-order valence-electron chi connectivity index (χ1n) is 12.2. The Hall–Kier alpha value is -2.86. The minimum absolute atomic E-state index is 0.141. The van der Waals surface area contributed by atoms with Gasteiger partial charge in [0.25, 0.3) is 5.91 Å². The zero-order chi connectivity index (χ0) is 23.0. The van der Waals surface area contributed by atoms with Gasteiger partial charge in [0.2, 0.25) is 0 Å². The number of ether oxygens (including phenoxy) is 1. The maximum atomic E-state index is 13.6. The predicted octanol–water partition coefficient (Wildman–Crippen LogP) is 4.18.